The summed E-state index contributed by atoms with van der Waals surface area (Å²) in [7, 11) is 0. The van der Waals surface area contributed by atoms with Crippen molar-refractivity contribution in [3.8, 4) is 0 Å². The molecule has 0 bridgehead atoms. The minimum Gasteiger partial charge on any atom is -0.458 e. The smallest absolute Gasteiger partial charge is 0.332 e. The standard InChI is InChI=1S/C8H13NO3.ClH/c1-6(9-5-10)7(11)12-8(2,3)4;/h6H,1-4H3;1H. The fraction of sp³-hybridized carbons (Fsp3) is 0.750. The summed E-state index contributed by atoms with van der Waals surface area (Å²) in [5, 5.41) is 0. The van der Waals surface area contributed by atoms with E-state index in [2.05, 4.69) is 4.99 Å². The second-order valence-electron chi connectivity index (χ2n) is 3.43. The van der Waals surface area contributed by atoms with E-state index in [-0.39, 0.29) is 12.4 Å². The van der Waals surface area contributed by atoms with Crippen LogP contribution < -0.4 is 0 Å². The van der Waals surface area contributed by atoms with Gasteiger partial charge in [0.2, 0.25) is 6.08 Å². The first kappa shape index (κ1) is 14.7. The minimum absolute atomic E-state index is 0. The lowest BCUT2D eigenvalue weighted by Crippen LogP contribution is -2.29. The zero-order valence-electron chi connectivity index (χ0n) is 8.16. The van der Waals surface area contributed by atoms with Gasteiger partial charge in [-0.15, -0.1) is 12.4 Å². The summed E-state index contributed by atoms with van der Waals surface area (Å²) in [5.41, 5.74) is -0.538. The second-order valence-corrected chi connectivity index (χ2v) is 3.43. The number of carbonyl (C=O) groups is 1. The number of rotatable bonds is 2. The van der Waals surface area contributed by atoms with E-state index in [9.17, 15) is 9.59 Å². The Morgan fingerprint density at radius 3 is 2.23 bits per heavy atom. The Morgan fingerprint density at radius 2 is 1.92 bits per heavy atom. The average molecular weight is 208 g/mol. The number of carbonyl (C=O) groups excluding carboxylic acids is 2. The molecule has 0 fully saturated rings. The summed E-state index contributed by atoms with van der Waals surface area (Å²) < 4.78 is 4.94. The monoisotopic (exact) mass is 207 g/mol. The van der Waals surface area contributed by atoms with E-state index < -0.39 is 17.6 Å². The fourth-order valence-electron chi connectivity index (χ4n) is 0.519. The van der Waals surface area contributed by atoms with E-state index in [1.165, 1.54) is 13.0 Å². The summed E-state index contributed by atoms with van der Waals surface area (Å²) in [4.78, 5) is 24.1. The van der Waals surface area contributed by atoms with Gasteiger partial charge in [0.05, 0.1) is 0 Å². The largest absolute Gasteiger partial charge is 0.458 e. The Bertz CT molecular complexity index is 216. The van der Waals surface area contributed by atoms with Gasteiger partial charge in [0.1, 0.15) is 5.60 Å². The van der Waals surface area contributed by atoms with Gasteiger partial charge in [-0.2, -0.15) is 4.99 Å². The predicted octanol–water partition coefficient (Wildman–Crippen LogP) is 1.47. The van der Waals surface area contributed by atoms with Crippen molar-refractivity contribution in [1.82, 2.24) is 0 Å². The molecule has 76 valence electrons. The summed E-state index contributed by atoms with van der Waals surface area (Å²) in [6, 6.07) is -0.762. The Balaban J connectivity index is 0. The predicted molar refractivity (Wildman–Crippen MR) is 50.7 cm³/mol. The molecule has 0 aromatic heterocycles. The summed E-state index contributed by atoms with van der Waals surface area (Å²) in [6.45, 7) is 6.74. The third-order valence-corrected chi connectivity index (χ3v) is 0.994. The molecule has 0 aromatic carbocycles. The fourth-order valence-corrected chi connectivity index (χ4v) is 0.519. The van der Waals surface area contributed by atoms with Crippen LogP contribution in [0.1, 0.15) is 27.7 Å². The highest BCUT2D eigenvalue weighted by Gasteiger charge is 2.20. The molecular formula is C8H14ClNO3. The third kappa shape index (κ3) is 7.50. The first-order valence-corrected chi connectivity index (χ1v) is 3.66. The molecule has 0 amide bonds. The van der Waals surface area contributed by atoms with Crippen LogP contribution in [0.5, 0.6) is 0 Å². The highest BCUT2D eigenvalue weighted by atomic mass is 35.5. The topological polar surface area (TPSA) is 55.7 Å². The van der Waals surface area contributed by atoms with Crippen LogP contribution in [0.4, 0.5) is 0 Å². The van der Waals surface area contributed by atoms with Crippen molar-refractivity contribution in [2.24, 2.45) is 4.99 Å². The van der Waals surface area contributed by atoms with E-state index in [0.717, 1.165) is 0 Å². The molecule has 0 aliphatic heterocycles. The molecule has 0 N–H and O–H groups in total. The Hall–Kier alpha value is -0.860. The number of esters is 1. The zero-order valence-corrected chi connectivity index (χ0v) is 8.97. The number of halogens is 1. The lowest BCUT2D eigenvalue weighted by molar-refractivity contribution is -0.155. The number of aliphatic imine (C=N–C) groups is 1. The van der Waals surface area contributed by atoms with Crippen molar-refractivity contribution in [2.45, 2.75) is 39.3 Å². The van der Waals surface area contributed by atoms with Crippen molar-refractivity contribution < 1.29 is 14.3 Å². The van der Waals surface area contributed by atoms with Gasteiger partial charge in [-0.05, 0) is 27.7 Å². The van der Waals surface area contributed by atoms with E-state index in [4.69, 9.17) is 4.74 Å². The molecule has 0 rings (SSSR count). The second kappa shape index (κ2) is 5.73. The molecule has 0 aliphatic carbocycles. The first-order chi connectivity index (χ1) is 5.37. The maximum atomic E-state index is 11.1. The molecule has 13 heavy (non-hydrogen) atoms. The van der Waals surface area contributed by atoms with Gasteiger partial charge in [0.15, 0.2) is 6.04 Å². The Morgan fingerprint density at radius 1 is 1.46 bits per heavy atom. The molecule has 1 atom stereocenters. The molecule has 5 heteroatoms. The van der Waals surface area contributed by atoms with Gasteiger partial charge in [-0.3, -0.25) is 0 Å². The highest BCUT2D eigenvalue weighted by Crippen LogP contribution is 2.08. The molecular weight excluding hydrogens is 194 g/mol. The van der Waals surface area contributed by atoms with E-state index >= 15 is 0 Å². The quantitative estimate of drug-likeness (QED) is 0.392. The maximum Gasteiger partial charge on any atom is 0.332 e. The minimum atomic E-state index is -0.762. The van der Waals surface area contributed by atoms with Crippen LogP contribution >= 0.6 is 12.4 Å². The van der Waals surface area contributed by atoms with Crippen molar-refractivity contribution in [3.63, 3.8) is 0 Å². The number of ether oxygens (including phenoxy) is 1. The SMILES string of the molecule is CC(N=C=O)C(=O)OC(C)(C)C.Cl. The van der Waals surface area contributed by atoms with Crippen molar-refractivity contribution in [3.05, 3.63) is 0 Å². The van der Waals surface area contributed by atoms with Crippen LogP contribution in [0.25, 0.3) is 0 Å². The first-order valence-electron chi connectivity index (χ1n) is 3.66. The summed E-state index contributed by atoms with van der Waals surface area (Å²) >= 11 is 0. The summed E-state index contributed by atoms with van der Waals surface area (Å²) in [6.07, 6.45) is 1.31. The molecule has 0 heterocycles. The lowest BCUT2D eigenvalue weighted by Gasteiger charge is -2.20. The zero-order chi connectivity index (χ0) is 9.78. The molecule has 0 saturated heterocycles. The maximum absolute atomic E-state index is 11.1. The number of hydrogen-bond donors (Lipinski definition) is 0. The van der Waals surface area contributed by atoms with Crippen molar-refractivity contribution in [2.75, 3.05) is 0 Å². The average Bonchev–Trinajstić information content (AvgIpc) is 1.84. The van der Waals surface area contributed by atoms with Crippen LogP contribution in [0, 0.1) is 0 Å². The van der Waals surface area contributed by atoms with Crippen LogP contribution in [-0.4, -0.2) is 23.7 Å². The number of isocyanates is 1. The van der Waals surface area contributed by atoms with Crippen LogP contribution in [0.2, 0.25) is 0 Å². The molecule has 0 saturated carbocycles. The van der Waals surface area contributed by atoms with Gasteiger partial charge >= 0.3 is 5.97 Å². The Labute approximate surface area is 83.8 Å². The van der Waals surface area contributed by atoms with Gasteiger partial charge in [-0.25, -0.2) is 9.59 Å². The Kier molecular flexibility index (Phi) is 6.46. The lowest BCUT2D eigenvalue weighted by atomic mass is 10.2. The molecule has 4 nitrogen and oxygen atoms in total. The van der Waals surface area contributed by atoms with Crippen molar-refractivity contribution >= 4 is 24.5 Å². The van der Waals surface area contributed by atoms with E-state index in [1.54, 1.807) is 20.8 Å². The molecule has 0 aliphatic rings. The third-order valence-electron chi connectivity index (χ3n) is 0.994. The van der Waals surface area contributed by atoms with E-state index in [1.807, 2.05) is 0 Å². The van der Waals surface area contributed by atoms with Gasteiger partial charge < -0.3 is 4.74 Å². The van der Waals surface area contributed by atoms with Gasteiger partial charge in [0.25, 0.3) is 0 Å². The molecule has 0 spiro atoms. The molecule has 1 unspecified atom stereocenters. The summed E-state index contributed by atoms with van der Waals surface area (Å²) in [5.74, 6) is -0.508. The van der Waals surface area contributed by atoms with Crippen molar-refractivity contribution in [1.29, 1.82) is 0 Å². The van der Waals surface area contributed by atoms with Crippen LogP contribution in [0.15, 0.2) is 4.99 Å². The van der Waals surface area contributed by atoms with Crippen LogP contribution in [0.3, 0.4) is 0 Å². The molecule has 0 radical (unpaired) electrons. The van der Waals surface area contributed by atoms with Gasteiger partial charge in [0, 0.05) is 0 Å². The van der Waals surface area contributed by atoms with Gasteiger partial charge in [-0.1, -0.05) is 0 Å². The molecule has 0 aromatic rings. The normalized spacial score (nSPS) is 12.0. The van der Waals surface area contributed by atoms with E-state index in [0.29, 0.717) is 0 Å². The number of hydrogen-bond acceptors (Lipinski definition) is 4. The highest BCUT2D eigenvalue weighted by molar-refractivity contribution is 5.85. The van der Waals surface area contributed by atoms with Crippen LogP contribution in [-0.2, 0) is 14.3 Å². The number of nitrogens with zero attached hydrogens (tertiary/aromatic N) is 1.